The Bertz CT molecular complexity index is 1060. The van der Waals surface area contributed by atoms with Crippen LogP contribution < -0.4 is 4.74 Å². The number of hydrogen-bond acceptors (Lipinski definition) is 5. The maximum atomic E-state index is 13.3. The van der Waals surface area contributed by atoms with Gasteiger partial charge in [-0.2, -0.15) is 0 Å². The van der Waals surface area contributed by atoms with Gasteiger partial charge in [-0.3, -0.25) is 9.59 Å². The Labute approximate surface area is 225 Å². The highest BCUT2D eigenvalue weighted by atomic mass is 35.5. The zero-order valence-electron chi connectivity index (χ0n) is 22.2. The van der Waals surface area contributed by atoms with Crippen molar-refractivity contribution in [3.05, 3.63) is 70.3 Å². The Hall–Kier alpha value is -2.83. The van der Waals surface area contributed by atoms with E-state index in [1.54, 1.807) is 29.2 Å². The quantitative estimate of drug-likeness (QED) is 0.174. The van der Waals surface area contributed by atoms with E-state index in [1.165, 1.54) is 0 Å². The number of aliphatic hydroxyl groups is 1. The first kappa shape index (κ1) is 28.7. The van der Waals surface area contributed by atoms with Crippen molar-refractivity contribution in [3.63, 3.8) is 0 Å². The maximum Gasteiger partial charge on any atom is 0.295 e. The number of aliphatic hydroxyl groups excluding tert-OH is 1. The summed E-state index contributed by atoms with van der Waals surface area (Å²) >= 11 is 6.02. The standard InChI is InChI=1S/C30H39ClN2O4/c1-4-7-18-32(19-8-5-2)20-9-21-33-27(22-12-16-25(17-13-22)37-6-3)26(29(35)30(33)36)28(34)23-10-14-24(31)15-11-23/h10-17,27,34H,4-9,18-21H2,1-3H3/b28-26+. The van der Waals surface area contributed by atoms with Crippen molar-refractivity contribution in [1.29, 1.82) is 0 Å². The third-order valence-corrected chi connectivity index (χ3v) is 6.95. The second kappa shape index (κ2) is 14.2. The van der Waals surface area contributed by atoms with Gasteiger partial charge in [0.2, 0.25) is 0 Å². The number of unbranched alkanes of at least 4 members (excludes halogenated alkanes) is 2. The van der Waals surface area contributed by atoms with Crippen LogP contribution in [-0.2, 0) is 9.59 Å². The van der Waals surface area contributed by atoms with Gasteiger partial charge in [-0.1, -0.05) is 50.4 Å². The molecule has 0 aromatic heterocycles. The van der Waals surface area contributed by atoms with Crippen LogP contribution in [-0.4, -0.2) is 59.4 Å². The number of Topliss-reactive ketones (excluding diaryl/α,β-unsaturated/α-hetero) is 1. The molecule has 0 bridgehead atoms. The zero-order valence-corrected chi connectivity index (χ0v) is 23.0. The van der Waals surface area contributed by atoms with E-state index in [0.29, 0.717) is 29.5 Å². The molecular weight excluding hydrogens is 488 g/mol. The molecule has 2 aromatic carbocycles. The largest absolute Gasteiger partial charge is 0.507 e. The first-order valence-corrected chi connectivity index (χ1v) is 13.8. The molecule has 200 valence electrons. The summed E-state index contributed by atoms with van der Waals surface area (Å²) in [7, 11) is 0. The van der Waals surface area contributed by atoms with Crippen molar-refractivity contribution in [2.75, 3.05) is 32.8 Å². The summed E-state index contributed by atoms with van der Waals surface area (Å²) in [5.41, 5.74) is 1.31. The fourth-order valence-electron chi connectivity index (χ4n) is 4.70. The minimum atomic E-state index is -0.675. The molecule has 1 saturated heterocycles. The Morgan fingerprint density at radius 2 is 1.51 bits per heavy atom. The lowest BCUT2D eigenvalue weighted by atomic mass is 9.95. The second-order valence-electron chi connectivity index (χ2n) is 9.40. The summed E-state index contributed by atoms with van der Waals surface area (Å²) in [6.45, 7) is 10.2. The fraction of sp³-hybridized carbons (Fsp3) is 0.467. The van der Waals surface area contributed by atoms with Gasteiger partial charge in [0.25, 0.3) is 11.7 Å². The molecular formula is C30H39ClN2O4. The van der Waals surface area contributed by atoms with Crippen LogP contribution in [0.5, 0.6) is 5.75 Å². The number of ether oxygens (including phenoxy) is 1. The number of rotatable bonds is 14. The van der Waals surface area contributed by atoms with E-state index in [0.717, 1.165) is 57.3 Å². The van der Waals surface area contributed by atoms with Crippen LogP contribution in [0.4, 0.5) is 0 Å². The molecule has 3 rings (SSSR count). The van der Waals surface area contributed by atoms with Crippen LogP contribution in [0.25, 0.3) is 5.76 Å². The smallest absolute Gasteiger partial charge is 0.295 e. The number of benzene rings is 2. The molecule has 1 N–H and O–H groups in total. The molecule has 0 radical (unpaired) electrons. The lowest BCUT2D eigenvalue weighted by Gasteiger charge is -2.27. The molecule has 37 heavy (non-hydrogen) atoms. The van der Waals surface area contributed by atoms with Crippen molar-refractivity contribution in [2.24, 2.45) is 0 Å². The molecule has 6 nitrogen and oxygen atoms in total. The van der Waals surface area contributed by atoms with Crippen LogP contribution in [0.3, 0.4) is 0 Å². The molecule has 1 amide bonds. The van der Waals surface area contributed by atoms with Crippen molar-refractivity contribution in [2.45, 2.75) is 58.9 Å². The van der Waals surface area contributed by atoms with Gasteiger partial charge in [-0.15, -0.1) is 0 Å². The average molecular weight is 527 g/mol. The van der Waals surface area contributed by atoms with Crippen LogP contribution >= 0.6 is 11.6 Å². The predicted octanol–water partition coefficient (Wildman–Crippen LogP) is 6.45. The third-order valence-electron chi connectivity index (χ3n) is 6.69. The van der Waals surface area contributed by atoms with Crippen molar-refractivity contribution >= 4 is 29.1 Å². The van der Waals surface area contributed by atoms with E-state index in [4.69, 9.17) is 16.3 Å². The van der Waals surface area contributed by atoms with Gasteiger partial charge in [0.1, 0.15) is 11.5 Å². The number of hydrogen-bond donors (Lipinski definition) is 1. The van der Waals surface area contributed by atoms with Crippen LogP contribution in [0.2, 0.25) is 5.02 Å². The van der Waals surface area contributed by atoms with Crippen molar-refractivity contribution in [3.8, 4) is 5.75 Å². The monoisotopic (exact) mass is 526 g/mol. The summed E-state index contributed by atoms with van der Waals surface area (Å²) in [6.07, 6.45) is 5.30. The molecule has 1 atom stereocenters. The number of likely N-dealkylation sites (tertiary alicyclic amines) is 1. The fourth-order valence-corrected chi connectivity index (χ4v) is 4.82. The van der Waals surface area contributed by atoms with Gasteiger partial charge in [-0.05, 0) is 87.8 Å². The molecule has 0 aliphatic carbocycles. The summed E-state index contributed by atoms with van der Waals surface area (Å²) in [5, 5.41) is 11.7. The highest BCUT2D eigenvalue weighted by molar-refractivity contribution is 6.46. The highest BCUT2D eigenvalue weighted by Gasteiger charge is 2.45. The van der Waals surface area contributed by atoms with E-state index in [2.05, 4.69) is 18.7 Å². The molecule has 0 spiro atoms. The summed E-state index contributed by atoms with van der Waals surface area (Å²) in [6, 6.07) is 13.3. The predicted molar refractivity (Wildman–Crippen MR) is 149 cm³/mol. The van der Waals surface area contributed by atoms with Crippen LogP contribution in [0, 0.1) is 0 Å². The zero-order chi connectivity index (χ0) is 26.8. The minimum absolute atomic E-state index is 0.102. The molecule has 2 aromatic rings. The lowest BCUT2D eigenvalue weighted by molar-refractivity contribution is -0.140. The number of halogens is 1. The third kappa shape index (κ3) is 7.36. The first-order valence-electron chi connectivity index (χ1n) is 13.4. The molecule has 1 unspecified atom stereocenters. The average Bonchev–Trinajstić information content (AvgIpc) is 3.15. The van der Waals surface area contributed by atoms with Gasteiger partial charge < -0.3 is 19.6 Å². The molecule has 1 heterocycles. The number of carbonyl (C=O) groups excluding carboxylic acids is 2. The lowest BCUT2D eigenvalue weighted by Crippen LogP contribution is -2.34. The summed E-state index contributed by atoms with van der Waals surface area (Å²) in [5.74, 6) is -0.726. The van der Waals surface area contributed by atoms with Crippen molar-refractivity contribution < 1.29 is 19.4 Å². The summed E-state index contributed by atoms with van der Waals surface area (Å²) < 4.78 is 5.58. The van der Waals surface area contributed by atoms with Crippen molar-refractivity contribution in [1.82, 2.24) is 9.80 Å². The van der Waals surface area contributed by atoms with E-state index in [-0.39, 0.29) is 11.3 Å². The Balaban J connectivity index is 1.92. The SMILES string of the molecule is CCCCN(CCCC)CCCN1C(=O)C(=O)/C(=C(/O)c2ccc(Cl)cc2)C1c1ccc(OCC)cc1. The topological polar surface area (TPSA) is 70.1 Å². The first-order chi connectivity index (χ1) is 17.9. The van der Waals surface area contributed by atoms with E-state index in [9.17, 15) is 14.7 Å². The molecule has 1 fully saturated rings. The Morgan fingerprint density at radius 1 is 0.919 bits per heavy atom. The Morgan fingerprint density at radius 3 is 2.08 bits per heavy atom. The van der Waals surface area contributed by atoms with Gasteiger partial charge in [0, 0.05) is 17.1 Å². The van der Waals surface area contributed by atoms with Gasteiger partial charge in [0.05, 0.1) is 18.2 Å². The maximum absolute atomic E-state index is 13.3. The molecule has 1 aliphatic heterocycles. The van der Waals surface area contributed by atoms with Crippen LogP contribution in [0.1, 0.15) is 70.0 Å². The number of ketones is 1. The Kier molecular flexibility index (Phi) is 11.0. The normalized spacial score (nSPS) is 17.1. The summed E-state index contributed by atoms with van der Waals surface area (Å²) in [4.78, 5) is 30.6. The number of nitrogens with zero attached hydrogens (tertiary/aromatic N) is 2. The van der Waals surface area contributed by atoms with E-state index < -0.39 is 17.7 Å². The van der Waals surface area contributed by atoms with E-state index in [1.807, 2.05) is 31.2 Å². The molecule has 1 aliphatic rings. The molecule has 7 heteroatoms. The van der Waals surface area contributed by atoms with Gasteiger partial charge in [0.15, 0.2) is 0 Å². The van der Waals surface area contributed by atoms with Crippen LogP contribution in [0.15, 0.2) is 54.1 Å². The number of amides is 1. The highest BCUT2D eigenvalue weighted by Crippen LogP contribution is 2.40. The van der Waals surface area contributed by atoms with Gasteiger partial charge >= 0.3 is 0 Å². The molecule has 0 saturated carbocycles. The van der Waals surface area contributed by atoms with E-state index >= 15 is 0 Å². The second-order valence-corrected chi connectivity index (χ2v) is 9.84. The number of carbonyl (C=O) groups is 2. The van der Waals surface area contributed by atoms with Gasteiger partial charge in [-0.25, -0.2) is 0 Å². The minimum Gasteiger partial charge on any atom is -0.507 e.